The Morgan fingerprint density at radius 3 is 2.42 bits per heavy atom. The molecule has 19 heavy (non-hydrogen) atoms. The van der Waals surface area contributed by atoms with E-state index in [1.54, 1.807) is 0 Å². The number of carbonyl (C=O) groups excluding carboxylic acids is 1. The summed E-state index contributed by atoms with van der Waals surface area (Å²) >= 11 is 0. The molecule has 1 fully saturated rings. The molecule has 0 aromatic heterocycles. The van der Waals surface area contributed by atoms with Crippen molar-refractivity contribution in [3.8, 4) is 0 Å². The van der Waals surface area contributed by atoms with Crippen molar-refractivity contribution in [2.75, 3.05) is 13.1 Å². The van der Waals surface area contributed by atoms with Crippen LogP contribution in [0.4, 0.5) is 0 Å². The summed E-state index contributed by atoms with van der Waals surface area (Å²) in [5.41, 5.74) is 0. The van der Waals surface area contributed by atoms with Crippen molar-refractivity contribution in [1.29, 1.82) is 0 Å². The Hall–Kier alpha value is -1.06. The Labute approximate surface area is 116 Å². The fourth-order valence-electron chi connectivity index (χ4n) is 3.00. The third-order valence-electron chi connectivity index (χ3n) is 4.26. The highest BCUT2D eigenvalue weighted by Gasteiger charge is 2.35. The molecule has 0 radical (unpaired) electrons. The van der Waals surface area contributed by atoms with E-state index in [1.807, 2.05) is 11.8 Å². The first-order chi connectivity index (χ1) is 8.88. The van der Waals surface area contributed by atoms with Crippen LogP contribution >= 0.6 is 0 Å². The van der Waals surface area contributed by atoms with Crippen molar-refractivity contribution >= 4 is 11.9 Å². The molecule has 0 aliphatic carbocycles. The largest absolute Gasteiger partial charge is 0.481 e. The minimum atomic E-state index is -0.728. The monoisotopic (exact) mass is 269 g/mol. The number of carboxylic acid groups (broad SMARTS) is 1. The Bertz CT molecular complexity index is 327. The number of piperidine rings is 1. The van der Waals surface area contributed by atoms with E-state index < -0.39 is 5.97 Å². The van der Waals surface area contributed by atoms with Gasteiger partial charge in [0.1, 0.15) is 0 Å². The quantitative estimate of drug-likeness (QED) is 0.834. The summed E-state index contributed by atoms with van der Waals surface area (Å²) in [7, 11) is 0. The van der Waals surface area contributed by atoms with E-state index in [0.717, 1.165) is 12.8 Å². The van der Waals surface area contributed by atoms with E-state index in [-0.39, 0.29) is 23.7 Å². The molecule has 1 saturated heterocycles. The second-order valence-corrected chi connectivity index (χ2v) is 6.13. The van der Waals surface area contributed by atoms with E-state index >= 15 is 0 Å². The smallest absolute Gasteiger partial charge is 0.306 e. The summed E-state index contributed by atoms with van der Waals surface area (Å²) < 4.78 is 0. The molecule has 0 saturated carbocycles. The van der Waals surface area contributed by atoms with Crippen LogP contribution < -0.4 is 0 Å². The third kappa shape index (κ3) is 3.95. The van der Waals surface area contributed by atoms with Gasteiger partial charge in [0.05, 0.1) is 5.92 Å². The molecule has 4 nitrogen and oxygen atoms in total. The van der Waals surface area contributed by atoms with E-state index in [2.05, 4.69) is 20.8 Å². The summed E-state index contributed by atoms with van der Waals surface area (Å²) in [5, 5.41) is 9.11. The van der Waals surface area contributed by atoms with Crippen molar-refractivity contribution in [3.05, 3.63) is 0 Å². The molecule has 1 aliphatic rings. The van der Waals surface area contributed by atoms with Crippen LogP contribution in [-0.4, -0.2) is 35.0 Å². The van der Waals surface area contributed by atoms with Gasteiger partial charge in [-0.2, -0.15) is 0 Å². The van der Waals surface area contributed by atoms with Crippen LogP contribution in [0.25, 0.3) is 0 Å². The van der Waals surface area contributed by atoms with Gasteiger partial charge in [0.25, 0.3) is 0 Å². The molecule has 110 valence electrons. The van der Waals surface area contributed by atoms with Gasteiger partial charge in [0.15, 0.2) is 0 Å². The maximum atomic E-state index is 12.5. The molecular weight excluding hydrogens is 242 g/mol. The summed E-state index contributed by atoms with van der Waals surface area (Å²) in [4.78, 5) is 25.5. The van der Waals surface area contributed by atoms with Gasteiger partial charge >= 0.3 is 5.97 Å². The fraction of sp³-hybridized carbons (Fsp3) is 0.867. The van der Waals surface area contributed by atoms with E-state index in [4.69, 9.17) is 5.11 Å². The highest BCUT2D eigenvalue weighted by Crippen LogP contribution is 2.27. The van der Waals surface area contributed by atoms with Gasteiger partial charge in [-0.15, -0.1) is 0 Å². The number of nitrogens with zero attached hydrogens (tertiary/aromatic N) is 1. The highest BCUT2D eigenvalue weighted by molar-refractivity contribution is 5.79. The predicted octanol–water partition coefficient (Wildman–Crippen LogP) is 2.63. The number of hydrogen-bond acceptors (Lipinski definition) is 2. The van der Waals surface area contributed by atoms with Crippen molar-refractivity contribution < 1.29 is 14.7 Å². The van der Waals surface area contributed by atoms with Crippen molar-refractivity contribution in [3.63, 3.8) is 0 Å². The number of rotatable bonds is 5. The van der Waals surface area contributed by atoms with Crippen LogP contribution in [0.15, 0.2) is 0 Å². The Balaban J connectivity index is 2.66. The van der Waals surface area contributed by atoms with Crippen LogP contribution in [0.2, 0.25) is 0 Å². The lowest BCUT2D eigenvalue weighted by Crippen LogP contribution is -2.47. The summed E-state index contributed by atoms with van der Waals surface area (Å²) in [6.07, 6.45) is 2.51. The highest BCUT2D eigenvalue weighted by atomic mass is 16.4. The zero-order chi connectivity index (χ0) is 14.6. The number of aliphatic carboxylic acids is 1. The lowest BCUT2D eigenvalue weighted by Gasteiger charge is -2.37. The molecule has 0 spiro atoms. The number of amides is 1. The van der Waals surface area contributed by atoms with Gasteiger partial charge in [0, 0.05) is 19.0 Å². The molecule has 0 aromatic rings. The summed E-state index contributed by atoms with van der Waals surface area (Å²) in [5.74, 6) is -0.336. The molecule has 3 unspecified atom stereocenters. The van der Waals surface area contributed by atoms with Gasteiger partial charge in [-0.1, -0.05) is 34.1 Å². The van der Waals surface area contributed by atoms with Gasteiger partial charge in [-0.25, -0.2) is 0 Å². The van der Waals surface area contributed by atoms with Crippen molar-refractivity contribution in [2.45, 2.75) is 47.0 Å². The molecule has 3 atom stereocenters. The number of carboxylic acids is 1. The van der Waals surface area contributed by atoms with Gasteiger partial charge in [-0.05, 0) is 24.7 Å². The topological polar surface area (TPSA) is 57.6 Å². The number of likely N-dealkylation sites (tertiary alicyclic amines) is 1. The zero-order valence-corrected chi connectivity index (χ0v) is 12.6. The average Bonchev–Trinajstić information content (AvgIpc) is 2.34. The predicted molar refractivity (Wildman–Crippen MR) is 74.7 cm³/mol. The van der Waals surface area contributed by atoms with Crippen LogP contribution in [0.1, 0.15) is 47.0 Å². The second-order valence-electron chi connectivity index (χ2n) is 6.13. The lowest BCUT2D eigenvalue weighted by molar-refractivity contribution is -0.150. The van der Waals surface area contributed by atoms with Crippen molar-refractivity contribution in [2.24, 2.45) is 23.7 Å². The zero-order valence-electron chi connectivity index (χ0n) is 12.6. The van der Waals surface area contributed by atoms with Crippen molar-refractivity contribution in [1.82, 2.24) is 4.90 Å². The van der Waals surface area contributed by atoms with E-state index in [9.17, 15) is 9.59 Å². The Kier molecular flexibility index (Phi) is 5.83. The molecule has 1 aliphatic heterocycles. The van der Waals surface area contributed by atoms with Crippen LogP contribution in [0.5, 0.6) is 0 Å². The molecular formula is C15H27NO3. The van der Waals surface area contributed by atoms with E-state index in [0.29, 0.717) is 25.4 Å². The van der Waals surface area contributed by atoms with Gasteiger partial charge in [-0.3, -0.25) is 9.59 Å². The molecule has 1 rings (SSSR count). The maximum Gasteiger partial charge on any atom is 0.306 e. The minimum absolute atomic E-state index is 0.0460. The third-order valence-corrected chi connectivity index (χ3v) is 4.26. The van der Waals surface area contributed by atoms with Crippen LogP contribution in [0, 0.1) is 23.7 Å². The average molecular weight is 269 g/mol. The Morgan fingerprint density at radius 1 is 1.37 bits per heavy atom. The molecule has 4 heteroatoms. The molecule has 1 N–H and O–H groups in total. The van der Waals surface area contributed by atoms with Gasteiger partial charge in [0.2, 0.25) is 5.91 Å². The molecule has 1 heterocycles. The molecule has 0 aromatic carbocycles. The second kappa shape index (κ2) is 6.92. The van der Waals surface area contributed by atoms with Crippen LogP contribution in [-0.2, 0) is 9.59 Å². The Morgan fingerprint density at radius 2 is 2.00 bits per heavy atom. The van der Waals surface area contributed by atoms with Gasteiger partial charge < -0.3 is 10.0 Å². The summed E-state index contributed by atoms with van der Waals surface area (Å²) in [6.45, 7) is 9.39. The molecule has 1 amide bonds. The number of carbonyl (C=O) groups is 2. The minimum Gasteiger partial charge on any atom is -0.481 e. The first-order valence-electron chi connectivity index (χ1n) is 7.40. The maximum absolute atomic E-state index is 12.5. The standard InChI is InChI=1S/C15H27NO3/c1-5-6-12(10(2)3)14(17)16-8-7-13(15(18)19)11(4)9-16/h10-13H,5-9H2,1-4H3,(H,18,19). The normalized spacial score (nSPS) is 25.4. The first kappa shape index (κ1) is 16.0. The van der Waals surface area contributed by atoms with Crippen LogP contribution in [0.3, 0.4) is 0 Å². The van der Waals surface area contributed by atoms with E-state index in [1.165, 1.54) is 0 Å². The number of hydrogen-bond donors (Lipinski definition) is 1. The first-order valence-corrected chi connectivity index (χ1v) is 7.40. The SMILES string of the molecule is CCCC(C(=O)N1CCC(C(=O)O)C(C)C1)C(C)C. The lowest BCUT2D eigenvalue weighted by atomic mass is 9.84. The summed E-state index contributed by atoms with van der Waals surface area (Å²) in [6, 6.07) is 0. The molecule has 0 bridgehead atoms. The fourth-order valence-corrected chi connectivity index (χ4v) is 3.00.